The average molecular weight is 331 g/mol. The molecule has 5 heteroatoms. The summed E-state index contributed by atoms with van der Waals surface area (Å²) in [5.41, 5.74) is 3.11. The fourth-order valence-corrected chi connectivity index (χ4v) is 4.25. The number of aryl methyl sites for hydroxylation is 1. The van der Waals surface area contributed by atoms with Gasteiger partial charge in [0.1, 0.15) is 0 Å². The molecule has 1 aliphatic rings. The third-order valence-corrected chi connectivity index (χ3v) is 5.89. The normalized spacial score (nSPS) is 21.7. The minimum atomic E-state index is -3.36. The highest BCUT2D eigenvalue weighted by atomic mass is 32.2. The molecule has 2 aromatic rings. The first-order chi connectivity index (χ1) is 11.1. The van der Waals surface area contributed by atoms with E-state index < -0.39 is 10.0 Å². The summed E-state index contributed by atoms with van der Waals surface area (Å²) in [5, 5.41) is 0. The summed E-state index contributed by atoms with van der Waals surface area (Å²) in [4.78, 5) is 0. The summed E-state index contributed by atoms with van der Waals surface area (Å²) in [6, 6.07) is 17.4. The maximum atomic E-state index is 12.7. The highest BCUT2D eigenvalue weighted by molar-refractivity contribution is 7.89. The third kappa shape index (κ3) is 3.80. The van der Waals surface area contributed by atoms with Crippen molar-refractivity contribution < 1.29 is 13.2 Å². The lowest BCUT2D eigenvalue weighted by Gasteiger charge is -2.28. The summed E-state index contributed by atoms with van der Waals surface area (Å²) < 4.78 is 32.6. The van der Waals surface area contributed by atoms with Gasteiger partial charge < -0.3 is 4.74 Å². The summed E-state index contributed by atoms with van der Waals surface area (Å²) in [6.07, 6.45) is 0. The predicted molar refractivity (Wildman–Crippen MR) is 90.5 cm³/mol. The van der Waals surface area contributed by atoms with E-state index in [4.69, 9.17) is 4.74 Å². The second kappa shape index (κ2) is 6.83. The van der Waals surface area contributed by atoms with Crippen LogP contribution >= 0.6 is 0 Å². The van der Waals surface area contributed by atoms with Crippen LogP contribution in [0.1, 0.15) is 22.7 Å². The molecule has 0 N–H and O–H groups in total. The Kier molecular flexibility index (Phi) is 4.80. The van der Waals surface area contributed by atoms with Crippen LogP contribution in [0.4, 0.5) is 0 Å². The molecule has 1 atom stereocenters. The van der Waals surface area contributed by atoms with Crippen molar-refractivity contribution in [2.45, 2.75) is 19.5 Å². The van der Waals surface area contributed by atoms with Crippen molar-refractivity contribution in [3.8, 4) is 0 Å². The van der Waals surface area contributed by atoms with E-state index in [9.17, 15) is 8.42 Å². The van der Waals surface area contributed by atoms with Crippen LogP contribution in [0.5, 0.6) is 0 Å². The van der Waals surface area contributed by atoms with E-state index in [1.54, 1.807) is 4.31 Å². The molecule has 0 saturated carbocycles. The van der Waals surface area contributed by atoms with Crippen molar-refractivity contribution in [3.05, 3.63) is 71.3 Å². The lowest BCUT2D eigenvalue weighted by Crippen LogP contribution is -2.36. The van der Waals surface area contributed by atoms with Gasteiger partial charge in [-0.2, -0.15) is 4.31 Å². The Morgan fingerprint density at radius 1 is 1.09 bits per heavy atom. The predicted octanol–water partition coefficient (Wildman–Crippen LogP) is 2.90. The molecule has 4 nitrogen and oxygen atoms in total. The fourth-order valence-electron chi connectivity index (χ4n) is 2.77. The van der Waals surface area contributed by atoms with Crippen molar-refractivity contribution >= 4 is 10.0 Å². The van der Waals surface area contributed by atoms with Crippen LogP contribution in [-0.2, 0) is 21.3 Å². The van der Waals surface area contributed by atoms with Crippen LogP contribution in [-0.4, -0.2) is 31.7 Å². The zero-order valence-electron chi connectivity index (χ0n) is 13.2. The van der Waals surface area contributed by atoms with Crippen LogP contribution in [0.25, 0.3) is 0 Å². The van der Waals surface area contributed by atoms with Gasteiger partial charge in [0, 0.05) is 6.54 Å². The van der Waals surface area contributed by atoms with Crippen LogP contribution in [0, 0.1) is 6.92 Å². The zero-order chi connectivity index (χ0) is 16.3. The van der Waals surface area contributed by atoms with Gasteiger partial charge in [0.05, 0.1) is 25.0 Å². The smallest absolute Gasteiger partial charge is 0.217 e. The van der Waals surface area contributed by atoms with Crippen LogP contribution in [0.3, 0.4) is 0 Å². The van der Waals surface area contributed by atoms with E-state index >= 15 is 0 Å². The number of ether oxygens (including phenoxy) is 1. The molecule has 0 radical (unpaired) electrons. The SMILES string of the molecule is Cc1ccc(CN2[C@@H](c3ccccc3)COCCS2(=O)=O)cc1. The molecular formula is C18H21NO3S. The molecule has 0 amide bonds. The first kappa shape index (κ1) is 16.2. The molecule has 1 fully saturated rings. The molecule has 122 valence electrons. The first-order valence-electron chi connectivity index (χ1n) is 7.74. The highest BCUT2D eigenvalue weighted by Crippen LogP contribution is 2.28. The number of rotatable bonds is 3. The highest BCUT2D eigenvalue weighted by Gasteiger charge is 2.33. The van der Waals surface area contributed by atoms with Gasteiger partial charge in [-0.25, -0.2) is 8.42 Å². The Morgan fingerprint density at radius 2 is 1.78 bits per heavy atom. The summed E-state index contributed by atoms with van der Waals surface area (Å²) in [7, 11) is -3.36. The fraction of sp³-hybridized carbons (Fsp3) is 0.333. The van der Waals surface area contributed by atoms with Crippen molar-refractivity contribution in [1.29, 1.82) is 0 Å². The molecule has 2 aromatic carbocycles. The second-order valence-corrected chi connectivity index (χ2v) is 7.89. The molecule has 0 aromatic heterocycles. The Labute approximate surface area is 137 Å². The van der Waals surface area contributed by atoms with Crippen LogP contribution < -0.4 is 0 Å². The van der Waals surface area contributed by atoms with Gasteiger partial charge in [-0.15, -0.1) is 0 Å². The summed E-state index contributed by atoms with van der Waals surface area (Å²) in [6.45, 7) is 3.02. The van der Waals surface area contributed by atoms with E-state index in [0.29, 0.717) is 13.2 Å². The molecule has 0 aliphatic carbocycles. The molecule has 0 unspecified atom stereocenters. The zero-order valence-corrected chi connectivity index (χ0v) is 14.0. The van der Waals surface area contributed by atoms with Crippen LogP contribution in [0.15, 0.2) is 54.6 Å². The largest absolute Gasteiger partial charge is 0.378 e. The Balaban J connectivity index is 1.96. The van der Waals surface area contributed by atoms with Crippen molar-refractivity contribution in [3.63, 3.8) is 0 Å². The van der Waals surface area contributed by atoms with E-state index in [-0.39, 0.29) is 18.4 Å². The number of hydrogen-bond acceptors (Lipinski definition) is 3. The molecule has 3 rings (SSSR count). The lowest BCUT2D eigenvalue weighted by molar-refractivity contribution is 0.110. The number of benzene rings is 2. The summed E-state index contributed by atoms with van der Waals surface area (Å²) >= 11 is 0. The van der Waals surface area contributed by atoms with Gasteiger partial charge in [-0.3, -0.25) is 0 Å². The Morgan fingerprint density at radius 3 is 2.48 bits per heavy atom. The van der Waals surface area contributed by atoms with Crippen LogP contribution in [0.2, 0.25) is 0 Å². The maximum absolute atomic E-state index is 12.7. The monoisotopic (exact) mass is 331 g/mol. The standard InChI is InChI=1S/C18H21NO3S/c1-15-7-9-16(10-8-15)13-19-18(17-5-3-2-4-6-17)14-22-11-12-23(19,20)21/h2-10,18H,11-14H2,1H3/t18-/m1/s1. The van der Waals surface area contributed by atoms with E-state index in [2.05, 4.69) is 0 Å². The topological polar surface area (TPSA) is 46.6 Å². The third-order valence-electron chi connectivity index (χ3n) is 4.11. The maximum Gasteiger partial charge on any atom is 0.217 e. The van der Waals surface area contributed by atoms with Gasteiger partial charge in [-0.1, -0.05) is 60.2 Å². The van der Waals surface area contributed by atoms with Gasteiger partial charge in [0.2, 0.25) is 10.0 Å². The number of sulfonamides is 1. The molecule has 1 heterocycles. The molecule has 0 bridgehead atoms. The molecule has 0 spiro atoms. The number of hydrogen-bond donors (Lipinski definition) is 0. The second-order valence-electron chi connectivity index (χ2n) is 5.85. The van der Waals surface area contributed by atoms with Gasteiger partial charge in [0.15, 0.2) is 0 Å². The van der Waals surface area contributed by atoms with E-state index in [1.165, 1.54) is 0 Å². The molecule has 1 saturated heterocycles. The number of nitrogens with zero attached hydrogens (tertiary/aromatic N) is 1. The Hall–Kier alpha value is -1.69. The molecule has 23 heavy (non-hydrogen) atoms. The van der Waals surface area contributed by atoms with Gasteiger partial charge in [0.25, 0.3) is 0 Å². The summed E-state index contributed by atoms with van der Waals surface area (Å²) in [5.74, 6) is 0.0300. The van der Waals surface area contributed by atoms with Crippen molar-refractivity contribution in [2.24, 2.45) is 0 Å². The van der Waals surface area contributed by atoms with Gasteiger partial charge >= 0.3 is 0 Å². The van der Waals surface area contributed by atoms with Crippen molar-refractivity contribution in [1.82, 2.24) is 4.31 Å². The molecular weight excluding hydrogens is 310 g/mol. The average Bonchev–Trinajstić information content (AvgIpc) is 2.69. The first-order valence-corrected chi connectivity index (χ1v) is 9.35. The van der Waals surface area contributed by atoms with E-state index in [1.807, 2.05) is 61.5 Å². The minimum Gasteiger partial charge on any atom is -0.378 e. The minimum absolute atomic E-state index is 0.0300. The lowest BCUT2D eigenvalue weighted by atomic mass is 10.1. The quantitative estimate of drug-likeness (QED) is 0.869. The Bertz CT molecular complexity index is 742. The van der Waals surface area contributed by atoms with Crippen molar-refractivity contribution in [2.75, 3.05) is 19.0 Å². The molecule has 1 aliphatic heterocycles. The van der Waals surface area contributed by atoms with E-state index in [0.717, 1.165) is 16.7 Å². The van der Waals surface area contributed by atoms with Gasteiger partial charge in [-0.05, 0) is 18.1 Å².